The Labute approximate surface area is 531 Å². The zero-order chi connectivity index (χ0) is 63.8. The van der Waals surface area contributed by atoms with E-state index in [0.717, 1.165) is 97.1 Å². The van der Waals surface area contributed by atoms with Gasteiger partial charge in [-0.15, -0.1) is 0 Å². The minimum Gasteiger partial charge on any atom is -0.535 e. The maximum Gasteiger partial charge on any atom is 0.714 e. The number of nitrogens with two attached hydrogens (primary N) is 2. The van der Waals surface area contributed by atoms with Crippen LogP contribution < -0.4 is 30.4 Å². The topological polar surface area (TPSA) is 315 Å². The lowest BCUT2D eigenvalue weighted by Gasteiger charge is -2.14. The third-order valence-electron chi connectivity index (χ3n) is 12.9. The first-order chi connectivity index (χ1) is 44.6. The summed E-state index contributed by atoms with van der Waals surface area (Å²) in [7, 11) is -1.33. The minimum atomic E-state index is -2.22. The third-order valence-corrected chi connectivity index (χ3v) is 15.3. The summed E-state index contributed by atoms with van der Waals surface area (Å²) in [5.41, 5.74) is 22.3. The molecule has 12 aromatic rings. The van der Waals surface area contributed by atoms with Crippen LogP contribution in [0, 0.1) is 0 Å². The van der Waals surface area contributed by atoms with Crippen LogP contribution in [-0.2, 0) is 16.5 Å². The fourth-order valence-electron chi connectivity index (χ4n) is 8.37. The number of imidazole rings is 3. The minimum absolute atomic E-state index is 0.00453. The number of aliphatic hydroxyl groups is 2. The van der Waals surface area contributed by atoms with Crippen molar-refractivity contribution in [3.63, 3.8) is 0 Å². The van der Waals surface area contributed by atoms with E-state index in [1.807, 2.05) is 158 Å². The average molecular weight is 1260 g/mol. The van der Waals surface area contributed by atoms with Gasteiger partial charge in [-0.3, -0.25) is 9.59 Å². The Bertz CT molecular complexity index is 3870. The summed E-state index contributed by atoms with van der Waals surface area (Å²) >= 11 is -2.22. The number of aliphatic hydroxyl groups excluding tert-OH is 2. The van der Waals surface area contributed by atoms with Gasteiger partial charge in [-0.25, -0.2) is 15.0 Å². The number of aromatic hydroxyl groups is 1. The number of rotatable bonds is 24. The van der Waals surface area contributed by atoms with Crippen LogP contribution in [0.1, 0.15) is 20.7 Å². The third kappa shape index (κ3) is 21.4. The Balaban J connectivity index is 0.000000180. The van der Waals surface area contributed by atoms with Crippen LogP contribution in [0.4, 0.5) is 11.4 Å². The van der Waals surface area contributed by atoms with Crippen LogP contribution in [-0.4, -0.2) is 141 Å². The summed E-state index contributed by atoms with van der Waals surface area (Å²) in [5.74, 6) is 5.50. The molecule has 9 aromatic carbocycles. The molecule has 0 fully saturated rings. The molecule has 3 heterocycles. The van der Waals surface area contributed by atoms with Gasteiger partial charge in [0.2, 0.25) is 0 Å². The number of nitrogens with zero attached hydrogens (tertiary/aromatic N) is 3. The van der Waals surface area contributed by atoms with Gasteiger partial charge in [0, 0.05) is 27.8 Å². The molecule has 0 saturated carbocycles. The Morgan fingerprint density at radius 1 is 0.418 bits per heavy atom. The predicted molar refractivity (Wildman–Crippen MR) is 353 cm³/mol. The van der Waals surface area contributed by atoms with E-state index in [1.165, 1.54) is 12.1 Å². The summed E-state index contributed by atoms with van der Waals surface area (Å²) in [6.45, 7) is 1.93. The SMILES string of the molecule is Nc1ccccc1N.O=Cc1ccc(O)cc1.O=Cc1ccc(OCCO)cc1.O=[SiH]O[CH2][Al]([O]CCOc1ccc(-c2nc3ccccc3[nH]2)cc1)[O]CCOc1ccc(-c2nc3ccccc3[nH]2)cc1.OCCOc1ccc(-c2nc3ccccc3[nH]2)cc1. The van der Waals surface area contributed by atoms with Crippen molar-refractivity contribution in [2.45, 2.75) is 0 Å². The molecular formula is C68H67AlN8O13Si. The van der Waals surface area contributed by atoms with Crippen molar-refractivity contribution in [2.24, 2.45) is 0 Å². The molecule has 10 N–H and O–H groups in total. The highest BCUT2D eigenvalue weighted by Gasteiger charge is 2.26. The number of H-pyrrole nitrogens is 3. The van der Waals surface area contributed by atoms with E-state index < -0.39 is 24.5 Å². The molecule has 21 nitrogen and oxygen atoms in total. The van der Waals surface area contributed by atoms with Gasteiger partial charge in [0.15, 0.2) is 0 Å². The number of hydrogen-bond acceptors (Lipinski definition) is 18. The second kappa shape index (κ2) is 36.1. The van der Waals surface area contributed by atoms with Gasteiger partial charge in [-0.1, -0.05) is 48.5 Å². The number of para-hydroxylation sites is 8. The number of aromatic amines is 3. The Morgan fingerprint density at radius 2 is 0.736 bits per heavy atom. The summed E-state index contributed by atoms with van der Waals surface area (Å²) in [6, 6.07) is 66.9. The van der Waals surface area contributed by atoms with Crippen LogP contribution >= 0.6 is 0 Å². The number of nitrogen functional groups attached to an aromatic ring is 2. The number of anilines is 2. The van der Waals surface area contributed by atoms with Crippen molar-refractivity contribution in [2.75, 3.05) is 69.8 Å². The molecule has 0 unspecified atom stereocenters. The van der Waals surface area contributed by atoms with Crippen molar-refractivity contribution in [3.8, 4) is 62.9 Å². The van der Waals surface area contributed by atoms with E-state index in [4.69, 9.17) is 57.7 Å². The number of phenols is 1. The summed E-state index contributed by atoms with van der Waals surface area (Å²) < 4.78 is 49.9. The van der Waals surface area contributed by atoms with Gasteiger partial charge in [-0.05, 0) is 170 Å². The Kier molecular flexibility index (Phi) is 26.4. The first-order valence-electron chi connectivity index (χ1n) is 28.7. The Morgan fingerprint density at radius 3 is 1.05 bits per heavy atom. The second-order valence-electron chi connectivity index (χ2n) is 19.3. The maximum absolute atomic E-state index is 10.9. The number of carbonyl (C=O) groups excluding carboxylic acids is 2. The van der Waals surface area contributed by atoms with Crippen molar-refractivity contribution >= 4 is 81.5 Å². The van der Waals surface area contributed by atoms with Gasteiger partial charge >= 0.3 is 24.5 Å². The average Bonchev–Trinajstić information content (AvgIpc) is 1.85. The zero-order valence-electron chi connectivity index (χ0n) is 49.4. The van der Waals surface area contributed by atoms with Gasteiger partial charge < -0.3 is 77.2 Å². The number of aldehydes is 2. The standard InChI is InChI=1S/C15H14N2O2.2C15H13N2O2.C9H10O3.C7H6O2.C6H8N2.CH3O2Si.Al/c3*18-9-10-19-12-7-5-11(6-8-12)15-16-13-3-1-2-4-14(13)17-15;10-5-6-12-9-3-1-8(7-11)2-4-9;8-5-6-1-3-7(9)4-2-6;7-5-3-1-2-4-6(5)8;1-3-4-2;/h1-8,18H,9-10H2,(H,16,17);2*1-8H,9-10H2,(H,16,17);1-4,7,10H,5-6H2;1-5,9H;1-4H,7-8H2;4H,1H2;/q;2*-1;;;;;+2. The highest BCUT2D eigenvalue weighted by Crippen LogP contribution is 2.26. The summed E-state index contributed by atoms with van der Waals surface area (Å²) in [5, 5.41) is 25.9. The molecule has 12 rings (SSSR count). The number of benzene rings is 9. The lowest BCUT2D eigenvalue weighted by Crippen LogP contribution is -2.32. The molecule has 0 spiro atoms. The number of hydrogen-bond donors (Lipinski definition) is 8. The van der Waals surface area contributed by atoms with Crippen LogP contribution in [0.3, 0.4) is 0 Å². The van der Waals surface area contributed by atoms with E-state index in [-0.39, 0.29) is 31.0 Å². The molecule has 0 atom stereocenters. The van der Waals surface area contributed by atoms with Gasteiger partial charge in [-0.2, -0.15) is 0 Å². The van der Waals surface area contributed by atoms with Crippen molar-refractivity contribution in [3.05, 3.63) is 230 Å². The number of phenolic OH excluding ortho intramolecular Hbond substituents is 1. The number of ether oxygens (including phenoxy) is 4. The Hall–Kier alpha value is -10.5. The normalized spacial score (nSPS) is 10.4. The van der Waals surface area contributed by atoms with Crippen LogP contribution in [0.25, 0.3) is 67.3 Å². The lowest BCUT2D eigenvalue weighted by atomic mass is 10.2. The zero-order valence-corrected chi connectivity index (χ0v) is 51.7. The van der Waals surface area contributed by atoms with Crippen molar-refractivity contribution in [1.82, 2.24) is 29.9 Å². The van der Waals surface area contributed by atoms with Gasteiger partial charge in [0.05, 0.1) is 76.4 Å². The number of fused-ring (bicyclic) bond motifs is 3. The molecule has 0 radical (unpaired) electrons. The molecule has 0 aliphatic rings. The number of nitrogens with one attached hydrogen (secondary N) is 3. The van der Waals surface area contributed by atoms with Crippen molar-refractivity contribution in [1.29, 1.82) is 0 Å². The molecule has 464 valence electrons. The molecule has 91 heavy (non-hydrogen) atoms. The van der Waals surface area contributed by atoms with E-state index >= 15 is 0 Å². The summed E-state index contributed by atoms with van der Waals surface area (Å²) in [6.07, 6.45) is 1.51. The predicted octanol–water partition coefficient (Wildman–Crippen LogP) is 10.5. The molecule has 0 amide bonds. The number of aromatic nitrogens is 6. The monoisotopic (exact) mass is 1260 g/mol. The van der Waals surface area contributed by atoms with E-state index in [1.54, 1.807) is 48.5 Å². The molecule has 0 bridgehead atoms. The fourth-order valence-corrected chi connectivity index (χ4v) is 10.3. The molecular weight excluding hydrogens is 1190 g/mol. The molecule has 23 heteroatoms. The molecule has 0 saturated heterocycles. The quantitative estimate of drug-likeness (QED) is 0.0121. The largest absolute Gasteiger partial charge is 0.714 e. The highest BCUT2D eigenvalue weighted by molar-refractivity contribution is 6.44. The fraction of sp³-hybridized carbons (Fsp3) is 0.132. The lowest BCUT2D eigenvalue weighted by molar-refractivity contribution is 0.111. The highest BCUT2D eigenvalue weighted by atomic mass is 28.2. The second-order valence-corrected chi connectivity index (χ2v) is 21.7. The maximum atomic E-state index is 10.9. The van der Waals surface area contributed by atoms with Gasteiger partial charge in [0.1, 0.15) is 85.2 Å². The first-order valence-corrected chi connectivity index (χ1v) is 31.4. The van der Waals surface area contributed by atoms with E-state index in [0.29, 0.717) is 61.3 Å². The van der Waals surface area contributed by atoms with E-state index in [2.05, 4.69) is 29.9 Å². The first kappa shape index (κ1) is 66.5. The van der Waals surface area contributed by atoms with Crippen LogP contribution in [0.15, 0.2) is 218 Å². The molecule has 0 aliphatic carbocycles. The smallest absolute Gasteiger partial charge is 0.535 e. The van der Waals surface area contributed by atoms with Crippen LogP contribution in [0.5, 0.6) is 28.7 Å². The van der Waals surface area contributed by atoms with Gasteiger partial charge in [0.25, 0.3) is 0 Å². The molecule has 0 aliphatic heterocycles. The molecule has 3 aromatic heterocycles. The van der Waals surface area contributed by atoms with E-state index in [9.17, 15) is 14.1 Å². The summed E-state index contributed by atoms with van der Waals surface area (Å²) in [4.78, 5) is 44.0. The number of carbonyl (C=O) groups is 2. The van der Waals surface area contributed by atoms with Crippen LogP contribution in [0.2, 0.25) is 0 Å². The van der Waals surface area contributed by atoms with Crippen molar-refractivity contribution < 1.29 is 60.3 Å².